The van der Waals surface area contributed by atoms with E-state index in [1.807, 2.05) is 31.2 Å². The molecule has 2 atom stereocenters. The van der Waals surface area contributed by atoms with Crippen LogP contribution in [0.4, 0.5) is 10.7 Å². The van der Waals surface area contributed by atoms with Crippen LogP contribution in [0.15, 0.2) is 30.5 Å². The molecule has 2 aromatic rings. The van der Waals surface area contributed by atoms with Gasteiger partial charge in [-0.05, 0) is 50.3 Å². The third kappa shape index (κ3) is 5.77. The Morgan fingerprint density at radius 2 is 2.10 bits per heavy atom. The van der Waals surface area contributed by atoms with Crippen molar-refractivity contribution >= 4 is 45.9 Å². The molecule has 1 aromatic carbocycles. The van der Waals surface area contributed by atoms with Gasteiger partial charge in [0.1, 0.15) is 16.1 Å². The normalized spacial score (nSPS) is 18.4. The molecule has 2 fully saturated rings. The Bertz CT molecular complexity index is 910. The van der Waals surface area contributed by atoms with E-state index in [4.69, 9.17) is 11.6 Å². The molecular weight excluding hydrogens is 432 g/mol. The van der Waals surface area contributed by atoms with Gasteiger partial charge in [-0.2, -0.15) is 0 Å². The Morgan fingerprint density at radius 3 is 2.77 bits per heavy atom. The molecule has 0 unspecified atom stereocenters. The molecular formula is C23H29ClN4O2S. The topological polar surface area (TPSA) is 74.3 Å². The molecule has 2 aliphatic rings. The van der Waals surface area contributed by atoms with Crippen molar-refractivity contribution in [3.63, 3.8) is 0 Å². The molecule has 8 heteroatoms. The van der Waals surface area contributed by atoms with Gasteiger partial charge in [-0.1, -0.05) is 54.7 Å². The lowest BCUT2D eigenvalue weighted by Gasteiger charge is -2.28. The summed E-state index contributed by atoms with van der Waals surface area (Å²) in [6, 6.07) is 7.28. The molecule has 2 amide bonds. The maximum Gasteiger partial charge on any atom is 0.243 e. The second kappa shape index (κ2) is 10.0. The second-order valence-corrected chi connectivity index (χ2v) is 10.1. The number of hydrogen-bond donors (Lipinski definition) is 2. The molecule has 4 rings (SSSR count). The third-order valence-electron chi connectivity index (χ3n) is 6.05. The van der Waals surface area contributed by atoms with Crippen molar-refractivity contribution in [2.24, 2.45) is 5.92 Å². The zero-order valence-corrected chi connectivity index (χ0v) is 19.3. The van der Waals surface area contributed by atoms with Crippen LogP contribution in [0, 0.1) is 5.92 Å². The Balaban J connectivity index is 1.49. The van der Waals surface area contributed by atoms with Crippen molar-refractivity contribution in [1.29, 1.82) is 0 Å². The van der Waals surface area contributed by atoms with E-state index in [1.54, 1.807) is 11.1 Å². The van der Waals surface area contributed by atoms with Gasteiger partial charge in [0.05, 0.1) is 12.2 Å². The highest BCUT2D eigenvalue weighted by atomic mass is 35.5. The zero-order chi connectivity index (χ0) is 21.8. The van der Waals surface area contributed by atoms with Crippen LogP contribution in [-0.2, 0) is 9.59 Å². The Labute approximate surface area is 192 Å². The van der Waals surface area contributed by atoms with Crippen molar-refractivity contribution in [2.45, 2.75) is 70.0 Å². The van der Waals surface area contributed by atoms with Crippen molar-refractivity contribution in [3.8, 4) is 0 Å². The predicted octanol–water partition coefficient (Wildman–Crippen LogP) is 5.16. The molecule has 1 aromatic heterocycles. The summed E-state index contributed by atoms with van der Waals surface area (Å²) in [4.78, 5) is 31.3. The van der Waals surface area contributed by atoms with E-state index in [1.165, 1.54) is 24.2 Å². The lowest BCUT2D eigenvalue weighted by atomic mass is 9.97. The maximum absolute atomic E-state index is 13.0. The smallest absolute Gasteiger partial charge is 0.243 e. The van der Waals surface area contributed by atoms with Gasteiger partial charge < -0.3 is 10.6 Å². The first-order valence-electron chi connectivity index (χ1n) is 11.1. The molecule has 0 saturated heterocycles. The van der Waals surface area contributed by atoms with Gasteiger partial charge in [0, 0.05) is 16.8 Å². The Kier molecular flexibility index (Phi) is 7.13. The highest BCUT2D eigenvalue weighted by molar-refractivity contribution is 7.16. The van der Waals surface area contributed by atoms with Crippen LogP contribution >= 0.6 is 22.9 Å². The number of halogens is 1. The van der Waals surface area contributed by atoms with Crippen LogP contribution in [0.1, 0.15) is 62.9 Å². The first-order valence-corrected chi connectivity index (χ1v) is 12.2. The number of carbonyl (C=O) groups excluding carboxylic acids is 2. The summed E-state index contributed by atoms with van der Waals surface area (Å²) in [5.74, 6) is 0.453. The molecule has 1 heterocycles. The van der Waals surface area contributed by atoms with Gasteiger partial charge in [-0.15, -0.1) is 0 Å². The largest absolute Gasteiger partial charge is 0.376 e. The molecule has 166 valence electrons. The third-order valence-corrected chi connectivity index (χ3v) is 7.48. The fraction of sp³-hybridized carbons (Fsp3) is 0.522. The van der Waals surface area contributed by atoms with Gasteiger partial charge in [0.2, 0.25) is 12.3 Å². The number of rotatable bonds is 10. The lowest BCUT2D eigenvalue weighted by molar-refractivity contribution is -0.124. The van der Waals surface area contributed by atoms with E-state index in [-0.39, 0.29) is 18.0 Å². The van der Waals surface area contributed by atoms with Crippen LogP contribution in [0.25, 0.3) is 0 Å². The monoisotopic (exact) mass is 460 g/mol. The number of nitrogens with one attached hydrogen (secondary N) is 2. The van der Waals surface area contributed by atoms with Crippen LogP contribution < -0.4 is 15.5 Å². The lowest BCUT2D eigenvalue weighted by Crippen LogP contribution is -2.48. The number of aromatic nitrogens is 1. The number of hydrogen-bond acceptors (Lipinski definition) is 5. The average Bonchev–Trinajstić information content (AvgIpc) is 3.20. The number of nitrogens with zero attached hydrogens (tertiary/aromatic N) is 2. The highest BCUT2D eigenvalue weighted by Crippen LogP contribution is 2.34. The first-order chi connectivity index (χ1) is 15.0. The molecule has 0 radical (unpaired) electrons. The summed E-state index contributed by atoms with van der Waals surface area (Å²) in [5, 5.41) is 8.72. The minimum Gasteiger partial charge on any atom is -0.376 e. The van der Waals surface area contributed by atoms with Crippen molar-refractivity contribution in [2.75, 3.05) is 10.2 Å². The summed E-state index contributed by atoms with van der Waals surface area (Å²) in [5.41, 5.74) is 0.909. The van der Waals surface area contributed by atoms with E-state index >= 15 is 0 Å². The Morgan fingerprint density at radius 1 is 1.32 bits per heavy atom. The number of benzene rings is 1. The van der Waals surface area contributed by atoms with Gasteiger partial charge >= 0.3 is 0 Å². The SMILES string of the molecule is C[C@H](Nc1cccc(Cl)c1)c1ncc(N(C=O)[C@@H](CC2CCCC2)C(=O)NC2CC2)s1. The summed E-state index contributed by atoms with van der Waals surface area (Å²) in [6.07, 6.45) is 9.94. The minimum atomic E-state index is -0.481. The number of carbonyl (C=O) groups is 2. The fourth-order valence-corrected chi connectivity index (χ4v) is 5.33. The first kappa shape index (κ1) is 22.1. The summed E-state index contributed by atoms with van der Waals surface area (Å²) >= 11 is 7.52. The highest BCUT2D eigenvalue weighted by Gasteiger charge is 2.34. The molecule has 31 heavy (non-hydrogen) atoms. The van der Waals surface area contributed by atoms with Crippen LogP contribution in [0.3, 0.4) is 0 Å². The zero-order valence-electron chi connectivity index (χ0n) is 17.7. The van der Waals surface area contributed by atoms with Crippen molar-refractivity contribution in [3.05, 3.63) is 40.5 Å². The van der Waals surface area contributed by atoms with Crippen molar-refractivity contribution < 1.29 is 9.59 Å². The van der Waals surface area contributed by atoms with E-state index in [0.29, 0.717) is 22.4 Å². The molecule has 6 nitrogen and oxygen atoms in total. The maximum atomic E-state index is 13.0. The van der Waals surface area contributed by atoms with Gasteiger partial charge in [-0.3, -0.25) is 14.5 Å². The molecule has 2 N–H and O–H groups in total. The van der Waals surface area contributed by atoms with E-state index < -0.39 is 6.04 Å². The van der Waals surface area contributed by atoms with E-state index in [9.17, 15) is 9.59 Å². The van der Waals surface area contributed by atoms with E-state index in [0.717, 1.165) is 42.8 Å². The number of thiazole rings is 1. The quantitative estimate of drug-likeness (QED) is 0.480. The summed E-state index contributed by atoms with van der Waals surface area (Å²) in [7, 11) is 0. The fourth-order valence-electron chi connectivity index (χ4n) is 4.20. The van der Waals surface area contributed by atoms with Gasteiger partial charge in [0.15, 0.2) is 0 Å². The van der Waals surface area contributed by atoms with Crippen LogP contribution in [0.2, 0.25) is 5.02 Å². The summed E-state index contributed by atoms with van der Waals surface area (Å²) in [6.45, 7) is 2.02. The van der Waals surface area contributed by atoms with Gasteiger partial charge in [-0.25, -0.2) is 4.98 Å². The molecule has 0 spiro atoms. The van der Waals surface area contributed by atoms with Crippen LogP contribution in [0.5, 0.6) is 0 Å². The molecule has 0 aliphatic heterocycles. The van der Waals surface area contributed by atoms with E-state index in [2.05, 4.69) is 15.6 Å². The molecule has 2 saturated carbocycles. The minimum absolute atomic E-state index is 0.0402. The second-order valence-electron chi connectivity index (χ2n) is 8.61. The average molecular weight is 461 g/mol. The van der Waals surface area contributed by atoms with Crippen molar-refractivity contribution in [1.82, 2.24) is 10.3 Å². The number of anilines is 2. The Hall–Kier alpha value is -2.12. The summed E-state index contributed by atoms with van der Waals surface area (Å²) < 4.78 is 0. The van der Waals surface area contributed by atoms with Crippen LogP contribution in [-0.4, -0.2) is 29.4 Å². The molecule has 0 bridgehead atoms. The molecule has 2 aliphatic carbocycles. The standard InChI is InChI=1S/C23H29ClN4O2S/c1-15(26-19-8-4-7-17(24)12-19)23-25-13-21(31-23)28(14-29)20(11-16-5-2-3-6-16)22(30)27-18-9-10-18/h4,7-8,12-16,18,20,26H,2-3,5-6,9-11H2,1H3,(H,27,30)/t15-,20-/m0/s1. The number of amides is 2. The van der Waals surface area contributed by atoms with Gasteiger partial charge in [0.25, 0.3) is 0 Å². The predicted molar refractivity (Wildman–Crippen MR) is 126 cm³/mol.